The lowest BCUT2D eigenvalue weighted by Crippen LogP contribution is -2.36. The summed E-state index contributed by atoms with van der Waals surface area (Å²) in [5.41, 5.74) is 0. The molecule has 0 unspecified atom stereocenters. The Labute approximate surface area is 75.7 Å². The molecule has 0 amide bonds. The van der Waals surface area contributed by atoms with Crippen LogP contribution in [0.15, 0.2) is 18.2 Å². The van der Waals surface area contributed by atoms with E-state index < -0.39 is 5.97 Å². The van der Waals surface area contributed by atoms with Crippen LogP contribution in [0.4, 0.5) is 0 Å². The van der Waals surface area contributed by atoms with Gasteiger partial charge in [0.2, 0.25) is 5.75 Å². The lowest BCUT2D eigenvalue weighted by Gasteiger charge is -2.19. The Bertz CT molecular complexity index is 336. The Morgan fingerprint density at radius 3 is 2.77 bits per heavy atom. The minimum atomic E-state index is -1.12. The number of fused-ring (bicyclic) bond motifs is 1. The molecule has 0 aliphatic carbocycles. The number of benzene rings is 1. The van der Waals surface area contributed by atoms with Crippen LogP contribution < -0.4 is 9.47 Å². The molecule has 1 N–H and O–H groups in total. The highest BCUT2D eigenvalue weighted by atomic mass is 16.9. The highest BCUT2D eigenvalue weighted by molar-refractivity contribution is 5.52. The van der Waals surface area contributed by atoms with Crippen LogP contribution in [0.3, 0.4) is 0 Å². The van der Waals surface area contributed by atoms with Gasteiger partial charge in [-0.25, -0.2) is 0 Å². The van der Waals surface area contributed by atoms with Gasteiger partial charge in [-0.2, -0.15) is 0 Å². The summed E-state index contributed by atoms with van der Waals surface area (Å²) < 4.78 is 15.6. The van der Waals surface area contributed by atoms with E-state index in [1.807, 2.05) is 0 Å². The molecule has 1 aliphatic rings. The predicted molar refractivity (Wildman–Crippen MR) is 44.8 cm³/mol. The molecule has 1 aromatic carbocycles. The number of phenolic OH excluding ortho intramolecular Hbond substituents is 1. The van der Waals surface area contributed by atoms with E-state index in [1.54, 1.807) is 19.1 Å². The molecule has 0 aromatic heterocycles. The van der Waals surface area contributed by atoms with Crippen molar-refractivity contribution in [2.24, 2.45) is 0 Å². The first kappa shape index (κ1) is 8.19. The molecule has 1 aromatic rings. The van der Waals surface area contributed by atoms with Crippen molar-refractivity contribution in [1.82, 2.24) is 0 Å². The lowest BCUT2D eigenvalue weighted by molar-refractivity contribution is -0.254. The van der Waals surface area contributed by atoms with Gasteiger partial charge in [0.25, 0.3) is 0 Å². The second kappa shape index (κ2) is 2.53. The van der Waals surface area contributed by atoms with Crippen LogP contribution in [-0.4, -0.2) is 18.2 Å². The Morgan fingerprint density at radius 2 is 2.15 bits per heavy atom. The second-order valence-corrected chi connectivity index (χ2v) is 2.88. The van der Waals surface area contributed by atoms with Crippen molar-refractivity contribution in [2.75, 3.05) is 7.11 Å². The quantitative estimate of drug-likeness (QED) is 0.714. The highest BCUT2D eigenvalue weighted by Gasteiger charge is 2.38. The molecular formula is C9H10O4. The normalized spacial score (nSPS) is 24.8. The van der Waals surface area contributed by atoms with Crippen molar-refractivity contribution < 1.29 is 19.3 Å². The topological polar surface area (TPSA) is 47.9 Å². The van der Waals surface area contributed by atoms with E-state index in [-0.39, 0.29) is 5.75 Å². The first-order valence-electron chi connectivity index (χ1n) is 3.90. The van der Waals surface area contributed by atoms with E-state index in [4.69, 9.17) is 14.2 Å². The van der Waals surface area contributed by atoms with Gasteiger partial charge in [-0.05, 0) is 12.1 Å². The maximum absolute atomic E-state index is 9.40. The SMILES string of the molecule is CO[C@]1(C)Oc2cccc(O)c2O1. The molecule has 0 saturated carbocycles. The third kappa shape index (κ3) is 1.19. The van der Waals surface area contributed by atoms with Gasteiger partial charge in [0.1, 0.15) is 0 Å². The van der Waals surface area contributed by atoms with Crippen LogP contribution in [0, 0.1) is 0 Å². The van der Waals surface area contributed by atoms with Crippen molar-refractivity contribution >= 4 is 0 Å². The van der Waals surface area contributed by atoms with E-state index >= 15 is 0 Å². The predicted octanol–water partition coefficient (Wildman–Crippen LogP) is 1.48. The molecule has 4 heteroatoms. The van der Waals surface area contributed by atoms with E-state index in [0.29, 0.717) is 11.5 Å². The van der Waals surface area contributed by atoms with Crippen LogP contribution in [0.5, 0.6) is 17.2 Å². The molecule has 70 valence electrons. The van der Waals surface area contributed by atoms with Crippen molar-refractivity contribution in [1.29, 1.82) is 0 Å². The Hall–Kier alpha value is -1.42. The Kier molecular flexibility index (Phi) is 1.60. The summed E-state index contributed by atoms with van der Waals surface area (Å²) in [6.45, 7) is 1.63. The molecule has 0 saturated heterocycles. The first-order chi connectivity index (χ1) is 6.14. The minimum Gasteiger partial charge on any atom is -0.504 e. The van der Waals surface area contributed by atoms with Crippen LogP contribution in [-0.2, 0) is 4.74 Å². The number of rotatable bonds is 1. The fourth-order valence-corrected chi connectivity index (χ4v) is 1.18. The zero-order valence-corrected chi connectivity index (χ0v) is 7.40. The van der Waals surface area contributed by atoms with E-state index in [1.165, 1.54) is 13.2 Å². The maximum atomic E-state index is 9.40. The number of methoxy groups -OCH3 is 1. The average Bonchev–Trinajstić information content (AvgIpc) is 2.45. The third-order valence-electron chi connectivity index (χ3n) is 1.91. The fourth-order valence-electron chi connectivity index (χ4n) is 1.18. The van der Waals surface area contributed by atoms with Gasteiger partial charge in [-0.3, -0.25) is 0 Å². The highest BCUT2D eigenvalue weighted by Crippen LogP contribution is 2.45. The van der Waals surface area contributed by atoms with Gasteiger partial charge in [-0.15, -0.1) is 0 Å². The molecule has 1 heterocycles. The molecule has 1 atom stereocenters. The van der Waals surface area contributed by atoms with Crippen molar-refractivity contribution in [3.8, 4) is 17.2 Å². The van der Waals surface area contributed by atoms with Crippen LogP contribution >= 0.6 is 0 Å². The van der Waals surface area contributed by atoms with Crippen molar-refractivity contribution in [3.05, 3.63) is 18.2 Å². The number of phenols is 1. The van der Waals surface area contributed by atoms with Gasteiger partial charge in [-0.1, -0.05) is 6.07 Å². The van der Waals surface area contributed by atoms with Gasteiger partial charge in [0.15, 0.2) is 11.5 Å². The number of hydrogen-bond donors (Lipinski definition) is 1. The van der Waals surface area contributed by atoms with Gasteiger partial charge in [0, 0.05) is 14.0 Å². The summed E-state index contributed by atoms with van der Waals surface area (Å²) in [7, 11) is 1.48. The van der Waals surface area contributed by atoms with Crippen molar-refractivity contribution in [2.45, 2.75) is 12.9 Å². The lowest BCUT2D eigenvalue weighted by atomic mass is 10.3. The number of ether oxygens (including phenoxy) is 3. The van der Waals surface area contributed by atoms with Gasteiger partial charge in [0.05, 0.1) is 0 Å². The van der Waals surface area contributed by atoms with Crippen LogP contribution in [0.1, 0.15) is 6.92 Å². The molecule has 0 spiro atoms. The van der Waals surface area contributed by atoms with Gasteiger partial charge >= 0.3 is 5.97 Å². The fraction of sp³-hybridized carbons (Fsp3) is 0.333. The number of aromatic hydroxyl groups is 1. The molecule has 2 rings (SSSR count). The summed E-state index contributed by atoms with van der Waals surface area (Å²) in [4.78, 5) is 0. The second-order valence-electron chi connectivity index (χ2n) is 2.88. The summed E-state index contributed by atoms with van der Waals surface area (Å²) in [6, 6.07) is 4.92. The first-order valence-corrected chi connectivity index (χ1v) is 3.90. The summed E-state index contributed by atoms with van der Waals surface area (Å²) in [6.07, 6.45) is 0. The van der Waals surface area contributed by atoms with E-state index in [9.17, 15) is 5.11 Å². The molecule has 1 aliphatic heterocycles. The minimum absolute atomic E-state index is 0.0540. The van der Waals surface area contributed by atoms with E-state index in [0.717, 1.165) is 0 Å². The summed E-state index contributed by atoms with van der Waals surface area (Å²) in [5, 5.41) is 9.40. The average molecular weight is 182 g/mol. The zero-order chi connectivity index (χ0) is 9.47. The van der Waals surface area contributed by atoms with E-state index in [2.05, 4.69) is 0 Å². The third-order valence-corrected chi connectivity index (χ3v) is 1.91. The smallest absolute Gasteiger partial charge is 0.368 e. The largest absolute Gasteiger partial charge is 0.504 e. The summed E-state index contributed by atoms with van der Waals surface area (Å²) in [5.74, 6) is -0.254. The van der Waals surface area contributed by atoms with Crippen molar-refractivity contribution in [3.63, 3.8) is 0 Å². The molecular weight excluding hydrogens is 172 g/mol. The van der Waals surface area contributed by atoms with Gasteiger partial charge < -0.3 is 19.3 Å². The summed E-state index contributed by atoms with van der Waals surface area (Å²) >= 11 is 0. The molecule has 13 heavy (non-hydrogen) atoms. The Balaban J connectivity index is 2.40. The molecule has 0 bridgehead atoms. The van der Waals surface area contributed by atoms with Crippen LogP contribution in [0.25, 0.3) is 0 Å². The maximum Gasteiger partial charge on any atom is 0.368 e. The molecule has 0 fully saturated rings. The molecule has 4 nitrogen and oxygen atoms in total. The zero-order valence-electron chi connectivity index (χ0n) is 7.40. The monoisotopic (exact) mass is 182 g/mol. The Morgan fingerprint density at radius 1 is 1.38 bits per heavy atom. The molecule has 0 radical (unpaired) electrons. The number of hydrogen-bond acceptors (Lipinski definition) is 4. The standard InChI is InChI=1S/C9H10O4/c1-9(11-2)12-7-5-3-4-6(10)8(7)13-9/h3-5,10H,1-2H3/t9-/m1/s1. The van der Waals surface area contributed by atoms with Crippen LogP contribution in [0.2, 0.25) is 0 Å². The number of para-hydroxylation sites is 1.